The molecule has 1 aromatic rings. The molecule has 176 valence electrons. The fourth-order valence-electron chi connectivity index (χ4n) is 4.59. The molecule has 2 fully saturated rings. The zero-order valence-electron chi connectivity index (χ0n) is 19.1. The Morgan fingerprint density at radius 1 is 1.23 bits per heavy atom. The van der Waals surface area contributed by atoms with Gasteiger partial charge in [-0.15, -0.1) is 24.0 Å². The molecular weight excluding hydrogens is 505 g/mol. The van der Waals surface area contributed by atoms with Crippen molar-refractivity contribution in [2.45, 2.75) is 52.0 Å². The number of likely N-dealkylation sites (tertiary alicyclic amines) is 2. The zero-order valence-corrected chi connectivity index (χ0v) is 21.4. The van der Waals surface area contributed by atoms with E-state index in [2.05, 4.69) is 44.7 Å². The summed E-state index contributed by atoms with van der Waals surface area (Å²) in [5, 5.41) is 3.49. The highest BCUT2D eigenvalue weighted by atomic mass is 127. The number of hydrogen-bond donors (Lipinski definition) is 2. The Bertz CT molecular complexity index is 673. The number of nitrogens with two attached hydrogens (primary N) is 1. The minimum Gasteiger partial charge on any atom is -0.369 e. The lowest BCUT2D eigenvalue weighted by Gasteiger charge is -2.39. The maximum absolute atomic E-state index is 11.3. The molecule has 2 unspecified atom stereocenters. The van der Waals surface area contributed by atoms with Crippen LogP contribution in [0.2, 0.25) is 0 Å². The number of aliphatic imine (C=N–C) groups is 1. The Morgan fingerprint density at radius 2 is 2.00 bits per heavy atom. The summed E-state index contributed by atoms with van der Waals surface area (Å²) in [6.07, 6.45) is 11.1. The number of rotatable bonds is 8. The van der Waals surface area contributed by atoms with E-state index < -0.39 is 0 Å². The first-order valence-corrected chi connectivity index (χ1v) is 11.6. The van der Waals surface area contributed by atoms with E-state index >= 15 is 0 Å². The molecule has 2 aliphatic rings. The molecule has 0 radical (unpaired) electrons. The fraction of sp³-hybridized carbons (Fsp3) is 0.773. The number of halogens is 1. The highest BCUT2D eigenvalue weighted by Crippen LogP contribution is 2.27. The molecule has 0 bridgehead atoms. The third kappa shape index (κ3) is 7.62. The largest absolute Gasteiger partial charge is 0.369 e. The van der Waals surface area contributed by atoms with Crippen LogP contribution in [0.15, 0.2) is 23.7 Å². The SMILES string of the molecule is CCNC(=NCCCCN1CCC(C(N)=O)CC1)N1CCC(C)C(n2ccnc2)C1.I. The Labute approximate surface area is 204 Å². The van der Waals surface area contributed by atoms with Crippen molar-refractivity contribution in [3.8, 4) is 0 Å². The van der Waals surface area contributed by atoms with Gasteiger partial charge in [-0.2, -0.15) is 0 Å². The number of hydrogen-bond acceptors (Lipinski definition) is 4. The van der Waals surface area contributed by atoms with Crippen molar-refractivity contribution in [1.82, 2.24) is 24.7 Å². The molecule has 2 atom stereocenters. The standard InChI is InChI=1S/C22H39N7O.HI/c1-3-25-22(28-14-6-18(2)20(16-28)29-15-10-24-17-29)26-9-4-5-11-27-12-7-19(8-13-27)21(23)30;/h10,15,17-20H,3-9,11-14,16H2,1-2H3,(H2,23,30)(H,25,26);1H. The number of primary amides is 1. The first-order valence-electron chi connectivity index (χ1n) is 11.6. The second-order valence-electron chi connectivity index (χ2n) is 8.75. The molecule has 31 heavy (non-hydrogen) atoms. The van der Waals surface area contributed by atoms with E-state index in [-0.39, 0.29) is 35.8 Å². The predicted octanol–water partition coefficient (Wildman–Crippen LogP) is 2.33. The Kier molecular flexibility index (Phi) is 11.1. The lowest BCUT2D eigenvalue weighted by Crippen LogP contribution is -2.49. The molecule has 9 heteroatoms. The molecule has 0 saturated carbocycles. The van der Waals surface area contributed by atoms with E-state index in [1.165, 1.54) is 0 Å². The summed E-state index contributed by atoms with van der Waals surface area (Å²) in [5.41, 5.74) is 5.42. The highest BCUT2D eigenvalue weighted by molar-refractivity contribution is 14.0. The Balaban J connectivity index is 0.00000341. The maximum Gasteiger partial charge on any atom is 0.220 e. The van der Waals surface area contributed by atoms with Crippen molar-refractivity contribution in [3.63, 3.8) is 0 Å². The number of carbonyl (C=O) groups is 1. The number of guanidine groups is 1. The number of piperidine rings is 2. The molecule has 8 nitrogen and oxygen atoms in total. The van der Waals surface area contributed by atoms with Crippen LogP contribution < -0.4 is 11.1 Å². The Morgan fingerprint density at radius 3 is 2.65 bits per heavy atom. The van der Waals surface area contributed by atoms with Crippen LogP contribution in [0.1, 0.15) is 52.0 Å². The van der Waals surface area contributed by atoms with Crippen LogP contribution in [0, 0.1) is 11.8 Å². The highest BCUT2D eigenvalue weighted by Gasteiger charge is 2.29. The smallest absolute Gasteiger partial charge is 0.220 e. The van der Waals surface area contributed by atoms with Crippen molar-refractivity contribution < 1.29 is 4.79 Å². The summed E-state index contributed by atoms with van der Waals surface area (Å²) in [6.45, 7) is 11.3. The number of amides is 1. The fourth-order valence-corrected chi connectivity index (χ4v) is 4.59. The van der Waals surface area contributed by atoms with Crippen molar-refractivity contribution in [1.29, 1.82) is 0 Å². The van der Waals surface area contributed by atoms with Gasteiger partial charge < -0.3 is 25.4 Å². The van der Waals surface area contributed by atoms with E-state index in [4.69, 9.17) is 10.7 Å². The van der Waals surface area contributed by atoms with Gasteiger partial charge in [0.15, 0.2) is 5.96 Å². The number of unbranched alkanes of at least 4 members (excludes halogenated alkanes) is 1. The summed E-state index contributed by atoms with van der Waals surface area (Å²) >= 11 is 0. The van der Waals surface area contributed by atoms with Crippen LogP contribution in [0.25, 0.3) is 0 Å². The summed E-state index contributed by atoms with van der Waals surface area (Å²) in [7, 11) is 0. The van der Waals surface area contributed by atoms with Gasteiger partial charge >= 0.3 is 0 Å². The summed E-state index contributed by atoms with van der Waals surface area (Å²) < 4.78 is 2.24. The molecule has 0 aliphatic carbocycles. The van der Waals surface area contributed by atoms with Crippen LogP contribution in [0.4, 0.5) is 0 Å². The summed E-state index contributed by atoms with van der Waals surface area (Å²) in [4.78, 5) is 25.3. The molecule has 3 rings (SSSR count). The van der Waals surface area contributed by atoms with E-state index in [1.54, 1.807) is 0 Å². The number of nitrogens with one attached hydrogen (secondary N) is 1. The van der Waals surface area contributed by atoms with E-state index in [0.717, 1.165) is 83.9 Å². The van der Waals surface area contributed by atoms with Crippen LogP contribution in [0.5, 0.6) is 0 Å². The van der Waals surface area contributed by atoms with E-state index in [9.17, 15) is 4.79 Å². The van der Waals surface area contributed by atoms with Gasteiger partial charge in [-0.25, -0.2) is 4.98 Å². The lowest BCUT2D eigenvalue weighted by atomic mass is 9.93. The van der Waals surface area contributed by atoms with Crippen LogP contribution >= 0.6 is 24.0 Å². The van der Waals surface area contributed by atoms with E-state index in [1.807, 2.05) is 12.5 Å². The first-order chi connectivity index (χ1) is 14.6. The average Bonchev–Trinajstić information content (AvgIpc) is 3.28. The van der Waals surface area contributed by atoms with Gasteiger partial charge in [-0.3, -0.25) is 9.79 Å². The quantitative estimate of drug-likeness (QED) is 0.227. The number of nitrogens with zero attached hydrogens (tertiary/aromatic N) is 5. The predicted molar refractivity (Wildman–Crippen MR) is 136 cm³/mol. The molecule has 3 N–H and O–H groups in total. The average molecular weight is 546 g/mol. The second kappa shape index (κ2) is 13.2. The minimum absolute atomic E-state index is 0. The van der Waals surface area contributed by atoms with Crippen molar-refractivity contribution in [2.24, 2.45) is 22.6 Å². The van der Waals surface area contributed by atoms with Gasteiger partial charge in [-0.1, -0.05) is 6.92 Å². The van der Waals surface area contributed by atoms with Crippen molar-refractivity contribution in [3.05, 3.63) is 18.7 Å². The van der Waals surface area contributed by atoms with Gasteiger partial charge in [0.05, 0.1) is 12.4 Å². The number of aromatic nitrogens is 2. The topological polar surface area (TPSA) is 91.8 Å². The third-order valence-electron chi connectivity index (χ3n) is 6.59. The van der Waals surface area contributed by atoms with Crippen LogP contribution in [-0.4, -0.2) is 77.0 Å². The molecule has 0 spiro atoms. The summed E-state index contributed by atoms with van der Waals surface area (Å²) in [6, 6.07) is 0.438. The number of imidazole rings is 1. The van der Waals surface area contributed by atoms with Crippen molar-refractivity contribution in [2.75, 3.05) is 45.8 Å². The van der Waals surface area contributed by atoms with Gasteiger partial charge in [0.1, 0.15) is 0 Å². The molecule has 1 amide bonds. The number of carbonyl (C=O) groups excluding carboxylic acids is 1. The van der Waals surface area contributed by atoms with Gasteiger partial charge in [0.2, 0.25) is 5.91 Å². The molecule has 1 aromatic heterocycles. The van der Waals surface area contributed by atoms with Gasteiger partial charge in [0, 0.05) is 44.5 Å². The molecule has 3 heterocycles. The summed E-state index contributed by atoms with van der Waals surface area (Å²) in [5.74, 6) is 1.61. The maximum atomic E-state index is 11.3. The second-order valence-corrected chi connectivity index (χ2v) is 8.75. The molecule has 2 saturated heterocycles. The normalized spacial score (nSPS) is 23.4. The molecular formula is C22H40IN7O. The van der Waals surface area contributed by atoms with Crippen LogP contribution in [-0.2, 0) is 4.79 Å². The lowest BCUT2D eigenvalue weighted by molar-refractivity contribution is -0.123. The molecule has 0 aromatic carbocycles. The molecule has 2 aliphatic heterocycles. The van der Waals surface area contributed by atoms with Crippen LogP contribution in [0.3, 0.4) is 0 Å². The van der Waals surface area contributed by atoms with Crippen molar-refractivity contribution >= 4 is 35.8 Å². The minimum atomic E-state index is -0.137. The Hall–Kier alpha value is -1.36. The first kappa shape index (κ1) is 25.9. The third-order valence-corrected chi connectivity index (χ3v) is 6.59. The monoisotopic (exact) mass is 545 g/mol. The zero-order chi connectivity index (χ0) is 21.3. The van der Waals surface area contributed by atoms with E-state index in [0.29, 0.717) is 12.0 Å². The van der Waals surface area contributed by atoms with Gasteiger partial charge in [0.25, 0.3) is 0 Å². The van der Waals surface area contributed by atoms with Gasteiger partial charge in [-0.05, 0) is 64.6 Å².